The number of piperidine rings is 1. The maximum absolute atomic E-state index is 12.7. The van der Waals surface area contributed by atoms with E-state index >= 15 is 0 Å². The average molecular weight is 528 g/mol. The van der Waals surface area contributed by atoms with Crippen LogP contribution in [0.25, 0.3) is 0 Å². The molecule has 0 aliphatic carbocycles. The van der Waals surface area contributed by atoms with Crippen LogP contribution >= 0.6 is 27.7 Å². The summed E-state index contributed by atoms with van der Waals surface area (Å²) in [6, 6.07) is 16.3. The number of anilines is 1. The predicted molar refractivity (Wildman–Crippen MR) is 144 cm³/mol. The number of amides is 1. The first-order valence-corrected chi connectivity index (χ1v) is 13.4. The SMILES string of the molecule is CCN1CCC2(CC1)N=C(SCC(=O)Nc1ccc(C(C)C)cc1)C(c1ccc(Br)cc1)=N2. The van der Waals surface area contributed by atoms with Crippen LogP contribution in [0.15, 0.2) is 63.0 Å². The molecule has 0 atom stereocenters. The lowest BCUT2D eigenvalue weighted by Gasteiger charge is -2.34. The molecule has 2 aliphatic heterocycles. The van der Waals surface area contributed by atoms with Gasteiger partial charge in [0.05, 0.1) is 11.5 Å². The van der Waals surface area contributed by atoms with Crippen LogP contribution in [0.2, 0.25) is 0 Å². The van der Waals surface area contributed by atoms with Gasteiger partial charge in [-0.05, 0) is 42.3 Å². The maximum atomic E-state index is 12.7. The zero-order valence-electron chi connectivity index (χ0n) is 19.5. The Kier molecular flexibility index (Phi) is 7.72. The van der Waals surface area contributed by atoms with Crippen LogP contribution in [-0.4, -0.2) is 52.6 Å². The highest BCUT2D eigenvalue weighted by atomic mass is 79.9. The molecule has 174 valence electrons. The molecule has 0 radical (unpaired) electrons. The van der Waals surface area contributed by atoms with Crippen LogP contribution < -0.4 is 5.32 Å². The van der Waals surface area contributed by atoms with Crippen molar-refractivity contribution < 1.29 is 4.79 Å². The topological polar surface area (TPSA) is 57.1 Å². The van der Waals surface area contributed by atoms with Crippen LogP contribution in [0.4, 0.5) is 5.69 Å². The van der Waals surface area contributed by atoms with Crippen molar-refractivity contribution in [3.8, 4) is 0 Å². The molecule has 0 aromatic heterocycles. The van der Waals surface area contributed by atoms with Crippen LogP contribution in [0.1, 0.15) is 50.7 Å². The van der Waals surface area contributed by atoms with Crippen molar-refractivity contribution in [2.24, 2.45) is 9.98 Å². The highest BCUT2D eigenvalue weighted by Gasteiger charge is 2.39. The van der Waals surface area contributed by atoms with Gasteiger partial charge in [-0.2, -0.15) is 0 Å². The van der Waals surface area contributed by atoms with Crippen molar-refractivity contribution in [1.82, 2.24) is 4.90 Å². The summed E-state index contributed by atoms with van der Waals surface area (Å²) in [7, 11) is 0. The molecule has 33 heavy (non-hydrogen) atoms. The van der Waals surface area contributed by atoms with Crippen LogP contribution in [0.3, 0.4) is 0 Å². The number of likely N-dealkylation sites (tertiary alicyclic amines) is 1. The number of rotatable bonds is 6. The first-order valence-electron chi connectivity index (χ1n) is 11.6. The Balaban J connectivity index is 1.46. The minimum atomic E-state index is -0.389. The molecule has 0 unspecified atom stereocenters. The molecule has 2 aromatic carbocycles. The van der Waals surface area contributed by atoms with E-state index in [4.69, 9.17) is 9.98 Å². The lowest BCUT2D eigenvalue weighted by molar-refractivity contribution is -0.113. The minimum Gasteiger partial charge on any atom is -0.325 e. The maximum Gasteiger partial charge on any atom is 0.234 e. The molecule has 2 aromatic rings. The number of nitrogens with one attached hydrogen (secondary N) is 1. The molecular formula is C26H31BrN4OS. The lowest BCUT2D eigenvalue weighted by atomic mass is 9.98. The van der Waals surface area contributed by atoms with E-state index in [1.165, 1.54) is 17.3 Å². The largest absolute Gasteiger partial charge is 0.325 e. The number of carbonyl (C=O) groups excluding carboxylic acids is 1. The summed E-state index contributed by atoms with van der Waals surface area (Å²) in [6.45, 7) is 9.58. The number of carbonyl (C=O) groups is 1. The van der Waals surface area contributed by atoms with Crippen molar-refractivity contribution in [3.05, 3.63) is 64.1 Å². The van der Waals surface area contributed by atoms with E-state index in [0.29, 0.717) is 11.7 Å². The van der Waals surface area contributed by atoms with Gasteiger partial charge in [-0.15, -0.1) is 0 Å². The van der Waals surface area contributed by atoms with Crippen molar-refractivity contribution in [3.63, 3.8) is 0 Å². The molecule has 0 saturated carbocycles. The summed E-state index contributed by atoms with van der Waals surface area (Å²) in [4.78, 5) is 25.4. The summed E-state index contributed by atoms with van der Waals surface area (Å²) in [5.74, 6) is 0.743. The fourth-order valence-electron chi connectivity index (χ4n) is 4.15. The zero-order valence-corrected chi connectivity index (χ0v) is 21.9. The highest BCUT2D eigenvalue weighted by molar-refractivity contribution is 9.10. The highest BCUT2D eigenvalue weighted by Crippen LogP contribution is 2.35. The molecule has 4 rings (SSSR count). The second-order valence-electron chi connectivity index (χ2n) is 8.91. The first-order chi connectivity index (χ1) is 15.9. The second-order valence-corrected chi connectivity index (χ2v) is 10.8. The molecule has 5 nitrogen and oxygen atoms in total. The van der Waals surface area contributed by atoms with E-state index in [-0.39, 0.29) is 11.6 Å². The van der Waals surface area contributed by atoms with Gasteiger partial charge in [-0.1, -0.05) is 72.7 Å². The van der Waals surface area contributed by atoms with Crippen LogP contribution in [0, 0.1) is 0 Å². The van der Waals surface area contributed by atoms with E-state index in [2.05, 4.69) is 71.2 Å². The quantitative estimate of drug-likeness (QED) is 0.505. The van der Waals surface area contributed by atoms with Gasteiger partial charge in [0, 0.05) is 41.7 Å². The number of halogens is 1. The van der Waals surface area contributed by atoms with Crippen molar-refractivity contribution in [1.29, 1.82) is 0 Å². The van der Waals surface area contributed by atoms with Gasteiger partial charge in [-0.3, -0.25) is 9.79 Å². The third kappa shape index (κ3) is 5.94. The Bertz CT molecular complexity index is 1040. The standard InChI is InChI=1S/C26H31BrN4OS/c1-4-31-15-13-26(14-16-31)29-24(20-5-9-21(27)10-6-20)25(30-26)33-17-23(32)28-22-11-7-19(8-12-22)18(2)3/h5-12,18H,4,13-17H2,1-3H3,(H,28,32). The zero-order chi connectivity index (χ0) is 23.4. The third-order valence-electron chi connectivity index (χ3n) is 6.25. The Morgan fingerprint density at radius 2 is 1.76 bits per heavy atom. The number of hydrogen-bond donors (Lipinski definition) is 1. The van der Waals surface area contributed by atoms with Crippen molar-refractivity contribution in [2.75, 3.05) is 30.7 Å². The molecule has 1 saturated heterocycles. The van der Waals surface area contributed by atoms with Gasteiger partial charge in [0.25, 0.3) is 0 Å². The Labute approximate surface area is 209 Å². The molecule has 1 fully saturated rings. The third-order valence-corrected chi connectivity index (χ3v) is 7.75. The van der Waals surface area contributed by atoms with Gasteiger partial charge in [0.2, 0.25) is 5.91 Å². The van der Waals surface area contributed by atoms with Gasteiger partial charge >= 0.3 is 0 Å². The Morgan fingerprint density at radius 1 is 1.09 bits per heavy atom. The number of benzene rings is 2. The lowest BCUT2D eigenvalue weighted by Crippen LogP contribution is -2.41. The van der Waals surface area contributed by atoms with Gasteiger partial charge in [-0.25, -0.2) is 4.99 Å². The molecule has 1 spiro atoms. The number of nitrogens with zero attached hydrogens (tertiary/aromatic N) is 3. The minimum absolute atomic E-state index is 0.0306. The van der Waals surface area contributed by atoms with Crippen LogP contribution in [0.5, 0.6) is 0 Å². The Hall–Kier alpha value is -1.96. The fraction of sp³-hybridized carbons (Fsp3) is 0.423. The van der Waals surface area contributed by atoms with Gasteiger partial charge < -0.3 is 10.2 Å². The van der Waals surface area contributed by atoms with Gasteiger partial charge in [0.1, 0.15) is 5.04 Å². The second kappa shape index (κ2) is 10.5. The monoisotopic (exact) mass is 526 g/mol. The fourth-order valence-corrected chi connectivity index (χ4v) is 5.29. The van der Waals surface area contributed by atoms with Crippen LogP contribution in [-0.2, 0) is 4.79 Å². The van der Waals surface area contributed by atoms with Gasteiger partial charge in [0.15, 0.2) is 5.66 Å². The normalized spacial score (nSPS) is 17.8. The van der Waals surface area contributed by atoms with E-state index in [0.717, 1.165) is 59.0 Å². The molecule has 1 amide bonds. The average Bonchev–Trinajstić information content (AvgIpc) is 3.17. The molecule has 2 heterocycles. The first kappa shape index (κ1) is 24.2. The summed E-state index contributed by atoms with van der Waals surface area (Å²) >= 11 is 5.00. The van der Waals surface area contributed by atoms with Crippen molar-refractivity contribution in [2.45, 2.75) is 45.2 Å². The summed E-state index contributed by atoms with van der Waals surface area (Å²) in [5, 5.41) is 3.88. The number of thioether (sulfide) groups is 1. The summed E-state index contributed by atoms with van der Waals surface area (Å²) in [6.07, 6.45) is 1.83. The smallest absolute Gasteiger partial charge is 0.234 e. The van der Waals surface area contributed by atoms with E-state index in [1.807, 2.05) is 24.3 Å². The van der Waals surface area contributed by atoms with Crippen molar-refractivity contribution >= 4 is 50.0 Å². The number of aliphatic imine (C=N–C) groups is 2. The van der Waals surface area contributed by atoms with E-state index in [1.54, 1.807) is 0 Å². The predicted octanol–water partition coefficient (Wildman–Crippen LogP) is 5.96. The molecule has 2 aliphatic rings. The number of hydrogen-bond acceptors (Lipinski definition) is 5. The Morgan fingerprint density at radius 3 is 2.36 bits per heavy atom. The molecule has 7 heteroatoms. The van der Waals surface area contributed by atoms with E-state index < -0.39 is 0 Å². The molecule has 0 bridgehead atoms. The molecule has 1 N–H and O–H groups in total. The molecular weight excluding hydrogens is 496 g/mol. The summed E-state index contributed by atoms with van der Waals surface area (Å²) < 4.78 is 1.03. The summed E-state index contributed by atoms with van der Waals surface area (Å²) in [5.41, 5.74) is 3.65. The van der Waals surface area contributed by atoms with E-state index in [9.17, 15) is 4.79 Å².